The minimum atomic E-state index is 0.298. The van der Waals surface area contributed by atoms with Crippen molar-refractivity contribution in [1.82, 2.24) is 0 Å². The molecule has 160 valence electrons. The van der Waals surface area contributed by atoms with E-state index in [4.69, 9.17) is 9.73 Å². The summed E-state index contributed by atoms with van der Waals surface area (Å²) in [5, 5.41) is 3.79. The molecule has 0 radical (unpaired) electrons. The first kappa shape index (κ1) is 20.8. The van der Waals surface area contributed by atoms with Gasteiger partial charge in [0.15, 0.2) is 0 Å². The van der Waals surface area contributed by atoms with Gasteiger partial charge in [-0.15, -0.1) is 0 Å². The van der Waals surface area contributed by atoms with Crippen molar-refractivity contribution in [3.05, 3.63) is 113 Å². The van der Waals surface area contributed by atoms with Gasteiger partial charge in [0.25, 0.3) is 0 Å². The van der Waals surface area contributed by atoms with Crippen molar-refractivity contribution in [3.63, 3.8) is 0 Å². The summed E-state index contributed by atoms with van der Waals surface area (Å²) < 4.78 is 6.74. The molecule has 32 heavy (non-hydrogen) atoms. The second-order valence-corrected chi connectivity index (χ2v) is 9.11. The fourth-order valence-corrected chi connectivity index (χ4v) is 5.06. The van der Waals surface area contributed by atoms with Gasteiger partial charge in [0.2, 0.25) is 0 Å². The van der Waals surface area contributed by atoms with Gasteiger partial charge in [0, 0.05) is 27.9 Å². The maximum absolute atomic E-state index is 5.75. The Balaban J connectivity index is 1.37. The highest BCUT2D eigenvalue weighted by atomic mass is 79.9. The van der Waals surface area contributed by atoms with Gasteiger partial charge < -0.3 is 10.1 Å². The van der Waals surface area contributed by atoms with Crippen LogP contribution in [0.4, 0.5) is 11.4 Å². The number of benzene rings is 3. The lowest BCUT2D eigenvalue weighted by Crippen LogP contribution is -2.28. The average molecular weight is 485 g/mol. The number of allylic oxidation sites excluding steroid dienone is 2. The Kier molecular flexibility index (Phi) is 5.95. The molecule has 1 aliphatic heterocycles. The summed E-state index contributed by atoms with van der Waals surface area (Å²) in [4.78, 5) is 4.69. The van der Waals surface area contributed by atoms with Gasteiger partial charge in [0.05, 0.1) is 11.7 Å². The molecule has 3 aromatic carbocycles. The van der Waals surface area contributed by atoms with Crippen LogP contribution in [-0.2, 0) is 0 Å². The molecule has 3 nitrogen and oxygen atoms in total. The van der Waals surface area contributed by atoms with E-state index in [0.717, 1.165) is 27.9 Å². The molecule has 0 spiro atoms. The SMILES string of the molecule is C=CCOc1ccc(Br)cc1C=Nc1ccc([C@@H]2Nc3ccccc3[C@H]3C=CC[C@@H]32)cc1. The molecule has 1 heterocycles. The summed E-state index contributed by atoms with van der Waals surface area (Å²) in [6.07, 6.45) is 9.40. The number of nitrogens with one attached hydrogen (secondary N) is 1. The number of fused-ring (bicyclic) bond motifs is 3. The molecule has 1 N–H and O–H groups in total. The van der Waals surface area contributed by atoms with Crippen molar-refractivity contribution in [2.75, 3.05) is 11.9 Å². The molecule has 3 aromatic rings. The molecule has 0 aromatic heterocycles. The second-order valence-electron chi connectivity index (χ2n) is 8.19. The van der Waals surface area contributed by atoms with Crippen molar-refractivity contribution < 1.29 is 4.74 Å². The predicted molar refractivity (Wildman–Crippen MR) is 136 cm³/mol. The molecule has 4 heteroatoms. The Bertz CT molecular complexity index is 1180. The smallest absolute Gasteiger partial charge is 0.128 e. The molecule has 0 bridgehead atoms. The summed E-state index contributed by atoms with van der Waals surface area (Å²) in [7, 11) is 0. The van der Waals surface area contributed by atoms with Crippen LogP contribution in [0, 0.1) is 5.92 Å². The van der Waals surface area contributed by atoms with Gasteiger partial charge >= 0.3 is 0 Å². The second kappa shape index (κ2) is 9.17. The zero-order valence-electron chi connectivity index (χ0n) is 17.7. The Morgan fingerprint density at radius 2 is 1.94 bits per heavy atom. The van der Waals surface area contributed by atoms with Gasteiger partial charge in [-0.1, -0.05) is 71.1 Å². The summed E-state index contributed by atoms with van der Waals surface area (Å²) in [5.74, 6) is 1.82. The minimum absolute atomic E-state index is 0.298. The lowest BCUT2D eigenvalue weighted by atomic mass is 9.77. The van der Waals surface area contributed by atoms with E-state index in [-0.39, 0.29) is 0 Å². The average Bonchev–Trinajstić information content (AvgIpc) is 3.32. The number of anilines is 1. The molecule has 0 saturated heterocycles. The number of para-hydroxylation sites is 1. The zero-order valence-corrected chi connectivity index (χ0v) is 19.3. The standard InChI is InChI=1S/C28H25BrN2O/c1-2-16-32-27-15-12-21(29)17-20(27)18-30-22-13-10-19(11-14-22)28-25-8-5-7-23(25)24-6-3-4-9-26(24)31-28/h2-7,9-15,17-18,23,25,28,31H,1,8,16H2/t23-,25+,28+/m1/s1. The van der Waals surface area contributed by atoms with Gasteiger partial charge in [-0.2, -0.15) is 0 Å². The Hall–Kier alpha value is -3.11. The van der Waals surface area contributed by atoms with Gasteiger partial charge in [0.1, 0.15) is 12.4 Å². The van der Waals surface area contributed by atoms with Crippen LogP contribution in [0.15, 0.2) is 101 Å². The van der Waals surface area contributed by atoms with Crippen LogP contribution >= 0.6 is 15.9 Å². The third-order valence-electron chi connectivity index (χ3n) is 6.21. The number of hydrogen-bond donors (Lipinski definition) is 1. The van der Waals surface area contributed by atoms with Crippen LogP contribution in [0.2, 0.25) is 0 Å². The van der Waals surface area contributed by atoms with E-state index in [1.165, 1.54) is 16.8 Å². The van der Waals surface area contributed by atoms with Crippen molar-refractivity contribution in [1.29, 1.82) is 0 Å². The Morgan fingerprint density at radius 1 is 1.09 bits per heavy atom. The van der Waals surface area contributed by atoms with Crippen LogP contribution in [0.25, 0.3) is 0 Å². The zero-order chi connectivity index (χ0) is 21.9. The van der Waals surface area contributed by atoms with Crippen LogP contribution in [-0.4, -0.2) is 12.8 Å². The fourth-order valence-electron chi connectivity index (χ4n) is 4.69. The number of halogens is 1. The first-order chi connectivity index (χ1) is 15.7. The van der Waals surface area contributed by atoms with Crippen LogP contribution in [0.3, 0.4) is 0 Å². The number of rotatable bonds is 6. The molecule has 0 fully saturated rings. The molecule has 5 rings (SSSR count). The quantitative estimate of drug-likeness (QED) is 0.288. The van der Waals surface area contributed by atoms with E-state index in [0.29, 0.717) is 24.5 Å². The summed E-state index contributed by atoms with van der Waals surface area (Å²) in [6, 6.07) is 23.5. The topological polar surface area (TPSA) is 33.6 Å². The molecule has 0 amide bonds. The molecular weight excluding hydrogens is 460 g/mol. The predicted octanol–water partition coefficient (Wildman–Crippen LogP) is 7.59. The first-order valence-corrected chi connectivity index (χ1v) is 11.7. The molecule has 0 saturated carbocycles. The van der Waals surface area contributed by atoms with Gasteiger partial charge in [-0.05, 0) is 59.9 Å². The van der Waals surface area contributed by atoms with E-state index in [1.807, 2.05) is 24.4 Å². The highest BCUT2D eigenvalue weighted by Crippen LogP contribution is 2.49. The van der Waals surface area contributed by atoms with E-state index >= 15 is 0 Å². The monoisotopic (exact) mass is 484 g/mol. The van der Waals surface area contributed by atoms with Gasteiger partial charge in [-0.25, -0.2) is 0 Å². The molecule has 1 aliphatic carbocycles. The minimum Gasteiger partial charge on any atom is -0.489 e. The van der Waals surface area contributed by atoms with Gasteiger partial charge in [-0.3, -0.25) is 4.99 Å². The summed E-state index contributed by atoms with van der Waals surface area (Å²) >= 11 is 3.53. The molecule has 2 aliphatic rings. The normalized spacial score (nSPS) is 21.1. The molecular formula is C28H25BrN2O. The Morgan fingerprint density at radius 3 is 2.78 bits per heavy atom. The number of hydrogen-bond acceptors (Lipinski definition) is 3. The van der Waals surface area contributed by atoms with Crippen LogP contribution in [0.5, 0.6) is 5.75 Å². The third kappa shape index (κ3) is 4.15. The number of nitrogens with zero attached hydrogens (tertiary/aromatic N) is 1. The fraction of sp³-hybridized carbons (Fsp3) is 0.179. The number of ether oxygens (including phenoxy) is 1. The van der Waals surface area contributed by atoms with Crippen LogP contribution in [0.1, 0.15) is 35.1 Å². The maximum atomic E-state index is 5.75. The van der Waals surface area contributed by atoms with Crippen LogP contribution < -0.4 is 10.1 Å². The Labute approximate surface area is 197 Å². The highest BCUT2D eigenvalue weighted by molar-refractivity contribution is 9.10. The molecule has 0 unspecified atom stereocenters. The van der Waals surface area contributed by atoms with Crippen molar-refractivity contribution in [3.8, 4) is 5.75 Å². The first-order valence-electron chi connectivity index (χ1n) is 10.9. The van der Waals surface area contributed by atoms with E-state index in [1.54, 1.807) is 6.08 Å². The highest BCUT2D eigenvalue weighted by Gasteiger charge is 2.37. The summed E-state index contributed by atoms with van der Waals surface area (Å²) in [5.41, 5.74) is 5.80. The maximum Gasteiger partial charge on any atom is 0.128 e. The van der Waals surface area contributed by atoms with E-state index in [2.05, 4.69) is 88.5 Å². The van der Waals surface area contributed by atoms with Crippen molar-refractivity contribution in [2.24, 2.45) is 10.9 Å². The van der Waals surface area contributed by atoms with E-state index in [9.17, 15) is 0 Å². The van der Waals surface area contributed by atoms with Crippen molar-refractivity contribution in [2.45, 2.75) is 18.4 Å². The molecule has 3 atom stereocenters. The third-order valence-corrected chi connectivity index (χ3v) is 6.70. The lowest BCUT2D eigenvalue weighted by molar-refractivity contribution is 0.362. The number of aliphatic imine (C=N–C) groups is 1. The lowest BCUT2D eigenvalue weighted by Gasteiger charge is -2.37. The largest absolute Gasteiger partial charge is 0.489 e. The summed E-state index contributed by atoms with van der Waals surface area (Å²) in [6.45, 7) is 4.18. The van der Waals surface area contributed by atoms with Crippen molar-refractivity contribution >= 4 is 33.5 Å². The van der Waals surface area contributed by atoms with E-state index < -0.39 is 0 Å².